The van der Waals surface area contributed by atoms with E-state index in [1.54, 1.807) is 7.05 Å². The monoisotopic (exact) mass is 428 g/mol. The van der Waals surface area contributed by atoms with E-state index in [2.05, 4.69) is 58.6 Å². The van der Waals surface area contributed by atoms with Crippen LogP contribution in [0.4, 0.5) is 4.39 Å². The molecule has 2 aromatic rings. The molecule has 1 aliphatic rings. The van der Waals surface area contributed by atoms with E-state index in [0.29, 0.717) is 19.6 Å². The third-order valence-corrected chi connectivity index (χ3v) is 5.56. The van der Waals surface area contributed by atoms with E-state index in [0.717, 1.165) is 42.5 Å². The summed E-state index contributed by atoms with van der Waals surface area (Å²) < 4.78 is 24.8. The molecule has 1 atom stereocenters. The van der Waals surface area contributed by atoms with Crippen molar-refractivity contribution in [2.75, 3.05) is 40.0 Å². The summed E-state index contributed by atoms with van der Waals surface area (Å²) in [6.45, 7) is 8.23. The number of aliphatic imine (C=N–C) groups is 1. The first-order valence-electron chi connectivity index (χ1n) is 10.9. The lowest BCUT2D eigenvalue weighted by Gasteiger charge is -2.30. The molecule has 2 N–H and O–H groups in total. The van der Waals surface area contributed by atoms with Gasteiger partial charge in [-0.15, -0.1) is 0 Å². The predicted octanol–water partition coefficient (Wildman–Crippen LogP) is 3.48. The number of likely N-dealkylation sites (N-methyl/N-ethyl adjacent to an activating group) is 1. The summed E-state index contributed by atoms with van der Waals surface area (Å²) in [4.78, 5) is 6.78. The Morgan fingerprint density at radius 1 is 1.16 bits per heavy atom. The van der Waals surface area contributed by atoms with Gasteiger partial charge in [0.1, 0.15) is 11.6 Å². The largest absolute Gasteiger partial charge is 0.467 e. The maximum atomic E-state index is 13.9. The van der Waals surface area contributed by atoms with Crippen LogP contribution in [-0.4, -0.2) is 50.9 Å². The molecule has 1 unspecified atom stereocenters. The molecule has 168 valence electrons. The van der Waals surface area contributed by atoms with E-state index < -0.39 is 0 Å². The lowest BCUT2D eigenvalue weighted by atomic mass is 10.0. The Bertz CT molecular complexity index is 856. The second-order valence-electron chi connectivity index (χ2n) is 7.44. The zero-order chi connectivity index (χ0) is 22.1. The van der Waals surface area contributed by atoms with Crippen molar-refractivity contribution >= 4 is 5.96 Å². The molecule has 0 fully saturated rings. The number of nitrogens with one attached hydrogen (secondary N) is 2. The van der Waals surface area contributed by atoms with Crippen LogP contribution in [-0.2, 0) is 17.8 Å². The van der Waals surface area contributed by atoms with Crippen molar-refractivity contribution in [3.63, 3.8) is 0 Å². The first-order chi connectivity index (χ1) is 15.2. The Hall–Kier alpha value is -2.64. The van der Waals surface area contributed by atoms with Gasteiger partial charge in [-0.3, -0.25) is 9.89 Å². The van der Waals surface area contributed by atoms with Crippen molar-refractivity contribution in [3.05, 3.63) is 65.0 Å². The molecule has 0 saturated carbocycles. The fraction of sp³-hybridized carbons (Fsp3) is 0.458. The van der Waals surface area contributed by atoms with Gasteiger partial charge in [0.25, 0.3) is 0 Å². The highest BCUT2D eigenvalue weighted by Crippen LogP contribution is 2.29. The molecule has 1 heterocycles. The molecule has 0 spiro atoms. The number of nitrogens with zero attached hydrogens (tertiary/aromatic N) is 2. The van der Waals surface area contributed by atoms with Gasteiger partial charge >= 0.3 is 0 Å². The van der Waals surface area contributed by atoms with Crippen molar-refractivity contribution in [1.82, 2.24) is 15.5 Å². The van der Waals surface area contributed by atoms with Gasteiger partial charge in [-0.1, -0.05) is 44.2 Å². The minimum Gasteiger partial charge on any atom is -0.467 e. The predicted molar refractivity (Wildman–Crippen MR) is 122 cm³/mol. The van der Waals surface area contributed by atoms with Crippen LogP contribution in [0.2, 0.25) is 0 Å². The summed E-state index contributed by atoms with van der Waals surface area (Å²) in [7, 11) is 1.76. The fourth-order valence-corrected chi connectivity index (χ4v) is 3.97. The van der Waals surface area contributed by atoms with Gasteiger partial charge in [-0.25, -0.2) is 4.39 Å². The summed E-state index contributed by atoms with van der Waals surface area (Å²) in [5.74, 6) is 1.20. The lowest BCUT2D eigenvalue weighted by Crippen LogP contribution is -2.43. The highest BCUT2D eigenvalue weighted by Gasteiger charge is 2.19. The van der Waals surface area contributed by atoms with E-state index in [-0.39, 0.29) is 18.7 Å². The van der Waals surface area contributed by atoms with Crippen molar-refractivity contribution in [1.29, 1.82) is 0 Å². The minimum absolute atomic E-state index is 0.203. The van der Waals surface area contributed by atoms with Crippen LogP contribution >= 0.6 is 0 Å². The maximum Gasteiger partial charge on any atom is 0.191 e. The zero-order valence-electron chi connectivity index (χ0n) is 18.7. The topological polar surface area (TPSA) is 58.1 Å². The van der Waals surface area contributed by atoms with E-state index in [1.807, 2.05) is 6.07 Å². The second kappa shape index (κ2) is 11.7. The Morgan fingerprint density at radius 2 is 1.94 bits per heavy atom. The van der Waals surface area contributed by atoms with Crippen LogP contribution < -0.4 is 15.4 Å². The highest BCUT2D eigenvalue weighted by atomic mass is 19.1. The van der Waals surface area contributed by atoms with Gasteiger partial charge in [0.05, 0.1) is 12.6 Å². The van der Waals surface area contributed by atoms with E-state index in [4.69, 9.17) is 9.47 Å². The molecule has 0 aromatic heterocycles. The van der Waals surface area contributed by atoms with Crippen LogP contribution in [0.15, 0.2) is 47.5 Å². The van der Waals surface area contributed by atoms with Crippen LogP contribution in [0.3, 0.4) is 0 Å². The maximum absolute atomic E-state index is 13.9. The molecule has 2 aromatic carbocycles. The minimum atomic E-state index is -0.268. The van der Waals surface area contributed by atoms with Gasteiger partial charge in [0.2, 0.25) is 0 Å². The number of fused-ring (bicyclic) bond motifs is 1. The number of hydrogen-bond donors (Lipinski definition) is 2. The molecule has 7 heteroatoms. The number of hydrogen-bond acceptors (Lipinski definition) is 4. The number of ether oxygens (including phenoxy) is 2. The molecule has 1 aliphatic heterocycles. The Labute approximate surface area is 184 Å². The lowest BCUT2D eigenvalue weighted by molar-refractivity contribution is -0.0172. The van der Waals surface area contributed by atoms with Crippen molar-refractivity contribution in [2.45, 2.75) is 32.9 Å². The zero-order valence-corrected chi connectivity index (χ0v) is 18.7. The van der Waals surface area contributed by atoms with Crippen molar-refractivity contribution < 1.29 is 13.9 Å². The molecule has 0 radical (unpaired) electrons. The molecule has 31 heavy (non-hydrogen) atoms. The van der Waals surface area contributed by atoms with E-state index >= 15 is 0 Å². The third-order valence-electron chi connectivity index (χ3n) is 5.56. The highest BCUT2D eigenvalue weighted by molar-refractivity contribution is 5.79. The van der Waals surface area contributed by atoms with Crippen molar-refractivity contribution in [3.8, 4) is 5.75 Å². The molecule has 0 aliphatic carbocycles. The summed E-state index contributed by atoms with van der Waals surface area (Å²) in [6.07, 6.45) is 0.624. The first-order valence-corrected chi connectivity index (χ1v) is 10.9. The second-order valence-corrected chi connectivity index (χ2v) is 7.44. The number of benzene rings is 2. The smallest absolute Gasteiger partial charge is 0.191 e. The van der Waals surface area contributed by atoms with Gasteiger partial charge in [-0.2, -0.15) is 0 Å². The van der Waals surface area contributed by atoms with Gasteiger partial charge < -0.3 is 20.1 Å². The fourth-order valence-electron chi connectivity index (χ4n) is 3.97. The quantitative estimate of drug-likeness (QED) is 0.473. The Morgan fingerprint density at radius 3 is 2.65 bits per heavy atom. The van der Waals surface area contributed by atoms with Crippen LogP contribution in [0.1, 0.15) is 36.6 Å². The van der Waals surface area contributed by atoms with Crippen LogP contribution in [0.5, 0.6) is 5.75 Å². The summed E-state index contributed by atoms with van der Waals surface area (Å²) in [5.41, 5.74) is 2.88. The standard InChI is InChI=1S/C24H33FN4O2/c1-4-29(5-2)22(18-9-7-6-8-10-18)15-28-24(26-3)27-12-11-19-13-21(25)14-20-16-30-17-31-23(19)20/h6-10,13-14,22H,4-5,11-12,15-17H2,1-3H3,(H2,26,27,28). The molecular weight excluding hydrogens is 395 g/mol. The number of halogens is 1. The van der Waals surface area contributed by atoms with Gasteiger partial charge in [-0.05, 0) is 42.8 Å². The molecule has 0 saturated heterocycles. The summed E-state index contributed by atoms with van der Waals surface area (Å²) in [5, 5.41) is 6.79. The Balaban J connectivity index is 1.59. The van der Waals surface area contributed by atoms with Crippen LogP contribution in [0, 0.1) is 5.82 Å². The van der Waals surface area contributed by atoms with E-state index in [1.165, 1.54) is 17.7 Å². The first kappa shape index (κ1) is 23.0. The number of rotatable bonds is 9. The molecule has 0 amide bonds. The van der Waals surface area contributed by atoms with Crippen LogP contribution in [0.25, 0.3) is 0 Å². The molecular formula is C24H33FN4O2. The summed E-state index contributed by atoms with van der Waals surface area (Å²) in [6, 6.07) is 13.8. The number of guanidine groups is 1. The molecule has 6 nitrogen and oxygen atoms in total. The average molecular weight is 429 g/mol. The van der Waals surface area contributed by atoms with Gasteiger partial charge in [0.15, 0.2) is 12.8 Å². The van der Waals surface area contributed by atoms with Gasteiger partial charge in [0, 0.05) is 25.7 Å². The normalized spacial score (nSPS) is 14.7. The van der Waals surface area contributed by atoms with Crippen molar-refractivity contribution in [2.24, 2.45) is 4.99 Å². The Kier molecular flexibility index (Phi) is 8.67. The third kappa shape index (κ3) is 6.18. The SMILES string of the molecule is CCN(CC)C(CNC(=NC)NCCc1cc(F)cc2c1OCOC2)c1ccccc1. The average Bonchev–Trinajstić information content (AvgIpc) is 2.80. The molecule has 3 rings (SSSR count). The summed E-state index contributed by atoms with van der Waals surface area (Å²) >= 11 is 0. The molecule has 0 bridgehead atoms. The van der Waals surface area contributed by atoms with E-state index in [9.17, 15) is 4.39 Å².